The number of nitrogens with two attached hydrogens (primary N) is 1. The van der Waals surface area contributed by atoms with Crippen molar-refractivity contribution in [1.29, 1.82) is 0 Å². The summed E-state index contributed by atoms with van der Waals surface area (Å²) >= 11 is 0. The Morgan fingerprint density at radius 3 is 2.35 bits per heavy atom. The van der Waals surface area contributed by atoms with Crippen molar-refractivity contribution < 1.29 is 31.1 Å². The largest absolute Gasteiger partial charge is 0.417 e. The summed E-state index contributed by atoms with van der Waals surface area (Å²) in [6.45, 7) is 0. The molecule has 34 heavy (non-hydrogen) atoms. The lowest BCUT2D eigenvalue weighted by Crippen LogP contribution is -2.14. The van der Waals surface area contributed by atoms with E-state index in [9.17, 15) is 31.1 Å². The molecule has 0 aliphatic carbocycles. The molecule has 4 aromatic rings. The standard InChI is InChI=1S/C23H14F6N4O/c24-22(25,26)15-3-1-2-13(9-15)20(34)32-16-5-6-18(23(27,28)29)17(10-16)12-4-7-19-14(8-12)11-31-21(30)33-19/h1-11H,(H,32,34)(H2,30,31,33). The van der Waals surface area contributed by atoms with Gasteiger partial charge in [-0.15, -0.1) is 0 Å². The summed E-state index contributed by atoms with van der Waals surface area (Å²) in [6, 6.07) is 11.0. The Morgan fingerprint density at radius 2 is 1.65 bits per heavy atom. The van der Waals surface area contributed by atoms with Crippen LogP contribution in [0, 0.1) is 0 Å². The van der Waals surface area contributed by atoms with E-state index in [-0.39, 0.29) is 28.3 Å². The molecule has 0 bridgehead atoms. The van der Waals surface area contributed by atoms with Crippen LogP contribution < -0.4 is 11.1 Å². The van der Waals surface area contributed by atoms with Crippen molar-refractivity contribution in [3.05, 3.63) is 83.6 Å². The molecule has 1 heterocycles. The average Bonchev–Trinajstić information content (AvgIpc) is 2.77. The van der Waals surface area contributed by atoms with Gasteiger partial charge >= 0.3 is 12.4 Å². The minimum Gasteiger partial charge on any atom is -0.368 e. The lowest BCUT2D eigenvalue weighted by molar-refractivity contribution is -0.138. The molecule has 0 fully saturated rings. The lowest BCUT2D eigenvalue weighted by atomic mass is 9.97. The van der Waals surface area contributed by atoms with Gasteiger partial charge in [0, 0.05) is 22.8 Å². The molecule has 1 amide bonds. The van der Waals surface area contributed by atoms with Crippen molar-refractivity contribution in [2.45, 2.75) is 12.4 Å². The summed E-state index contributed by atoms with van der Waals surface area (Å²) in [5, 5.41) is 2.80. The van der Waals surface area contributed by atoms with Crippen molar-refractivity contribution in [3.63, 3.8) is 0 Å². The molecule has 174 valence electrons. The van der Waals surface area contributed by atoms with E-state index in [4.69, 9.17) is 5.73 Å². The fraction of sp³-hybridized carbons (Fsp3) is 0.0870. The highest BCUT2D eigenvalue weighted by atomic mass is 19.4. The maximum Gasteiger partial charge on any atom is 0.417 e. The van der Waals surface area contributed by atoms with Crippen LogP contribution in [0.25, 0.3) is 22.0 Å². The first kappa shape index (κ1) is 23.0. The fourth-order valence-electron chi connectivity index (χ4n) is 3.36. The first-order valence-electron chi connectivity index (χ1n) is 9.64. The molecule has 1 aromatic heterocycles. The number of nitrogens with one attached hydrogen (secondary N) is 1. The third kappa shape index (κ3) is 4.77. The molecular formula is C23H14F6N4O. The zero-order valence-electron chi connectivity index (χ0n) is 17.0. The molecule has 0 atom stereocenters. The zero-order chi connectivity index (χ0) is 24.7. The number of hydrogen-bond acceptors (Lipinski definition) is 4. The van der Waals surface area contributed by atoms with Crippen LogP contribution in [0.5, 0.6) is 0 Å². The van der Waals surface area contributed by atoms with E-state index < -0.39 is 29.4 Å². The normalized spacial score (nSPS) is 12.1. The summed E-state index contributed by atoms with van der Waals surface area (Å²) < 4.78 is 79.8. The third-order valence-corrected chi connectivity index (χ3v) is 4.94. The third-order valence-electron chi connectivity index (χ3n) is 4.94. The molecule has 0 aliphatic rings. The van der Waals surface area contributed by atoms with Crippen LogP contribution >= 0.6 is 0 Å². The van der Waals surface area contributed by atoms with E-state index in [1.54, 1.807) is 0 Å². The van der Waals surface area contributed by atoms with E-state index in [2.05, 4.69) is 15.3 Å². The molecule has 0 aliphatic heterocycles. The number of halogens is 6. The molecule has 3 aromatic carbocycles. The van der Waals surface area contributed by atoms with Crippen LogP contribution in [0.2, 0.25) is 0 Å². The van der Waals surface area contributed by atoms with Gasteiger partial charge < -0.3 is 11.1 Å². The number of fused-ring (bicyclic) bond motifs is 1. The number of carbonyl (C=O) groups is 1. The number of benzene rings is 3. The second-order valence-corrected chi connectivity index (χ2v) is 7.29. The first-order valence-corrected chi connectivity index (χ1v) is 9.64. The van der Waals surface area contributed by atoms with Gasteiger partial charge in [-0.2, -0.15) is 26.3 Å². The second-order valence-electron chi connectivity index (χ2n) is 7.29. The number of aromatic nitrogens is 2. The number of hydrogen-bond donors (Lipinski definition) is 2. The van der Waals surface area contributed by atoms with Gasteiger partial charge in [0.1, 0.15) is 0 Å². The molecule has 4 rings (SSSR count). The smallest absolute Gasteiger partial charge is 0.368 e. The van der Waals surface area contributed by atoms with E-state index in [1.165, 1.54) is 30.5 Å². The van der Waals surface area contributed by atoms with Crippen LogP contribution in [0.4, 0.5) is 38.0 Å². The van der Waals surface area contributed by atoms with Gasteiger partial charge in [0.25, 0.3) is 5.91 Å². The van der Waals surface area contributed by atoms with E-state index in [1.807, 2.05) is 0 Å². The highest BCUT2D eigenvalue weighted by Crippen LogP contribution is 2.39. The zero-order valence-corrected chi connectivity index (χ0v) is 17.0. The summed E-state index contributed by atoms with van der Waals surface area (Å²) in [4.78, 5) is 20.3. The number of alkyl halides is 6. The Morgan fingerprint density at radius 1 is 0.882 bits per heavy atom. The second kappa shape index (κ2) is 8.32. The van der Waals surface area contributed by atoms with Gasteiger partial charge in [0.2, 0.25) is 5.95 Å². The van der Waals surface area contributed by atoms with Crippen LogP contribution in [-0.2, 0) is 12.4 Å². The van der Waals surface area contributed by atoms with Crippen LogP contribution in [0.1, 0.15) is 21.5 Å². The molecule has 11 heteroatoms. The number of anilines is 2. The maximum absolute atomic E-state index is 13.7. The Balaban J connectivity index is 1.73. The average molecular weight is 476 g/mol. The van der Waals surface area contributed by atoms with E-state index >= 15 is 0 Å². The Hall–Kier alpha value is -4.15. The molecule has 0 saturated carbocycles. The Kier molecular flexibility index (Phi) is 5.64. The number of nitrogen functional groups attached to an aromatic ring is 1. The predicted octanol–water partition coefficient (Wildman–Crippen LogP) is 6.17. The quantitative estimate of drug-likeness (QED) is 0.347. The van der Waals surface area contributed by atoms with Gasteiger partial charge in [-0.3, -0.25) is 4.79 Å². The van der Waals surface area contributed by atoms with Crippen LogP contribution in [0.15, 0.2) is 66.9 Å². The highest BCUT2D eigenvalue weighted by molar-refractivity contribution is 6.04. The highest BCUT2D eigenvalue weighted by Gasteiger charge is 2.34. The monoisotopic (exact) mass is 476 g/mol. The van der Waals surface area contributed by atoms with Crippen LogP contribution in [0.3, 0.4) is 0 Å². The molecular weight excluding hydrogens is 462 g/mol. The topological polar surface area (TPSA) is 80.9 Å². The van der Waals surface area contributed by atoms with Crippen molar-refractivity contribution in [1.82, 2.24) is 9.97 Å². The number of nitrogens with zero attached hydrogens (tertiary/aromatic N) is 2. The summed E-state index contributed by atoms with van der Waals surface area (Å²) in [5.74, 6) is -0.894. The summed E-state index contributed by atoms with van der Waals surface area (Å²) in [7, 11) is 0. The molecule has 0 saturated heterocycles. The molecule has 0 spiro atoms. The SMILES string of the molecule is Nc1ncc2cc(-c3cc(NC(=O)c4cccc(C(F)(F)F)c4)ccc3C(F)(F)F)ccc2n1. The summed E-state index contributed by atoms with van der Waals surface area (Å²) in [6.07, 6.45) is -7.98. The Bertz CT molecular complexity index is 1400. The maximum atomic E-state index is 13.7. The number of rotatable bonds is 3. The number of carbonyl (C=O) groups excluding carboxylic acids is 1. The van der Waals surface area contributed by atoms with Gasteiger partial charge in [0.15, 0.2) is 0 Å². The lowest BCUT2D eigenvalue weighted by Gasteiger charge is -2.16. The molecule has 5 nitrogen and oxygen atoms in total. The van der Waals surface area contributed by atoms with Crippen molar-refractivity contribution in [2.24, 2.45) is 0 Å². The van der Waals surface area contributed by atoms with Crippen molar-refractivity contribution in [3.8, 4) is 11.1 Å². The molecule has 3 N–H and O–H groups in total. The van der Waals surface area contributed by atoms with Gasteiger partial charge in [-0.1, -0.05) is 12.1 Å². The number of amides is 1. The van der Waals surface area contributed by atoms with Crippen LogP contribution in [-0.4, -0.2) is 15.9 Å². The van der Waals surface area contributed by atoms with Gasteiger partial charge in [-0.25, -0.2) is 9.97 Å². The minimum absolute atomic E-state index is 0.00975. The molecule has 0 radical (unpaired) electrons. The van der Waals surface area contributed by atoms with E-state index in [0.717, 1.165) is 30.3 Å². The minimum atomic E-state index is -4.70. The fourth-order valence-corrected chi connectivity index (χ4v) is 3.36. The van der Waals surface area contributed by atoms with E-state index in [0.29, 0.717) is 17.0 Å². The Labute approximate surface area is 188 Å². The first-order chi connectivity index (χ1) is 15.9. The summed E-state index contributed by atoms with van der Waals surface area (Å²) in [5.41, 5.74) is 3.58. The van der Waals surface area contributed by atoms with Gasteiger partial charge in [-0.05, 0) is 59.7 Å². The molecule has 0 unspecified atom stereocenters. The van der Waals surface area contributed by atoms with Gasteiger partial charge in [0.05, 0.1) is 16.6 Å². The van der Waals surface area contributed by atoms with Crippen molar-refractivity contribution >= 4 is 28.4 Å². The predicted molar refractivity (Wildman–Crippen MR) is 114 cm³/mol. The van der Waals surface area contributed by atoms with Crippen molar-refractivity contribution in [2.75, 3.05) is 11.1 Å².